The topological polar surface area (TPSA) is 85.4 Å². The van der Waals surface area contributed by atoms with Crippen LogP contribution in [0, 0.1) is 11.8 Å². The highest BCUT2D eigenvalue weighted by atomic mass is 16.5. The van der Waals surface area contributed by atoms with Crippen molar-refractivity contribution in [1.82, 2.24) is 20.1 Å². The van der Waals surface area contributed by atoms with Crippen molar-refractivity contribution in [3.63, 3.8) is 0 Å². The van der Waals surface area contributed by atoms with E-state index in [1.165, 1.54) is 0 Å². The molecule has 3 saturated heterocycles. The van der Waals surface area contributed by atoms with Crippen molar-refractivity contribution in [3.8, 4) is 5.75 Å². The quantitative estimate of drug-likeness (QED) is 0.710. The molecule has 0 aliphatic carbocycles. The summed E-state index contributed by atoms with van der Waals surface area (Å²) in [5.41, 5.74) is 4.73. The van der Waals surface area contributed by atoms with E-state index in [-0.39, 0.29) is 35.6 Å². The molecule has 184 valence electrons. The molecule has 0 radical (unpaired) electrons. The van der Waals surface area contributed by atoms with Gasteiger partial charge in [0.25, 0.3) is 5.91 Å². The molecule has 3 atom stereocenters. The fraction of sp³-hybridized carbons (Fsp3) is 0.423. The van der Waals surface area contributed by atoms with Crippen LogP contribution < -0.4 is 15.2 Å². The van der Waals surface area contributed by atoms with Gasteiger partial charge >= 0.3 is 0 Å². The maximum atomic E-state index is 13.6. The predicted molar refractivity (Wildman–Crippen MR) is 131 cm³/mol. The van der Waals surface area contributed by atoms with Crippen LogP contribution in [0.4, 0.5) is 5.69 Å². The third-order valence-corrected chi connectivity index (χ3v) is 7.25. The lowest BCUT2D eigenvalue weighted by atomic mass is 9.84. The number of methoxy groups -OCH3 is 1. The standard InChI is InChI=1S/C26H31N5O4/c1-28-16-21(23-22(17-28)26(34)31(27-23)19-6-4-3-5-7-19)25(33)30-14-12-29(13-15-30)24(32)18-8-10-20(35-2)11-9-18/h3-11,21-23,27H,12-17H2,1-2H3. The van der Waals surface area contributed by atoms with E-state index in [1.807, 2.05) is 42.3 Å². The molecule has 9 nitrogen and oxygen atoms in total. The largest absolute Gasteiger partial charge is 0.497 e. The molecule has 3 aliphatic heterocycles. The summed E-state index contributed by atoms with van der Waals surface area (Å²) in [4.78, 5) is 45.4. The van der Waals surface area contributed by atoms with Crippen LogP contribution in [-0.4, -0.2) is 91.9 Å². The molecule has 9 heteroatoms. The van der Waals surface area contributed by atoms with Gasteiger partial charge in [0.1, 0.15) is 5.75 Å². The highest BCUT2D eigenvalue weighted by Crippen LogP contribution is 2.32. The molecule has 3 heterocycles. The Morgan fingerprint density at radius 3 is 2.23 bits per heavy atom. The summed E-state index contributed by atoms with van der Waals surface area (Å²) in [6.45, 7) is 3.14. The summed E-state index contributed by atoms with van der Waals surface area (Å²) >= 11 is 0. The Labute approximate surface area is 205 Å². The van der Waals surface area contributed by atoms with Crippen LogP contribution in [0.1, 0.15) is 10.4 Å². The lowest BCUT2D eigenvalue weighted by Crippen LogP contribution is -2.59. The van der Waals surface area contributed by atoms with E-state index in [2.05, 4.69) is 10.3 Å². The van der Waals surface area contributed by atoms with E-state index < -0.39 is 0 Å². The Morgan fingerprint density at radius 2 is 1.57 bits per heavy atom. The summed E-state index contributed by atoms with van der Waals surface area (Å²) in [7, 11) is 3.55. The molecule has 0 aromatic heterocycles. The van der Waals surface area contributed by atoms with Gasteiger partial charge < -0.3 is 19.4 Å². The number of ether oxygens (including phenoxy) is 1. The summed E-state index contributed by atoms with van der Waals surface area (Å²) < 4.78 is 5.17. The molecule has 3 amide bonds. The van der Waals surface area contributed by atoms with Crippen molar-refractivity contribution < 1.29 is 19.1 Å². The zero-order chi connectivity index (χ0) is 24.5. The average Bonchev–Trinajstić information content (AvgIpc) is 3.24. The monoisotopic (exact) mass is 477 g/mol. The second-order valence-corrected chi connectivity index (χ2v) is 9.44. The Morgan fingerprint density at radius 1 is 0.914 bits per heavy atom. The number of amides is 3. The first kappa shape index (κ1) is 23.3. The van der Waals surface area contributed by atoms with Gasteiger partial charge in [-0.2, -0.15) is 0 Å². The highest BCUT2D eigenvalue weighted by molar-refractivity contribution is 5.98. The highest BCUT2D eigenvalue weighted by Gasteiger charge is 2.51. The zero-order valence-electron chi connectivity index (χ0n) is 20.1. The molecule has 3 aliphatic rings. The van der Waals surface area contributed by atoms with Gasteiger partial charge in [-0.15, -0.1) is 0 Å². The van der Waals surface area contributed by atoms with Crippen molar-refractivity contribution in [2.24, 2.45) is 11.8 Å². The molecule has 0 spiro atoms. The number of rotatable bonds is 4. The molecular formula is C26H31N5O4. The Bertz CT molecular complexity index is 1080. The Kier molecular flexibility index (Phi) is 6.44. The minimum Gasteiger partial charge on any atom is -0.497 e. The third-order valence-electron chi connectivity index (χ3n) is 7.25. The molecular weight excluding hydrogens is 446 g/mol. The zero-order valence-corrected chi connectivity index (χ0v) is 20.1. The molecule has 2 aromatic carbocycles. The fourth-order valence-electron chi connectivity index (χ4n) is 5.33. The lowest BCUT2D eigenvalue weighted by molar-refractivity contribution is -0.140. The van der Waals surface area contributed by atoms with E-state index in [4.69, 9.17) is 4.74 Å². The number of piperazine rings is 1. The van der Waals surface area contributed by atoms with Crippen molar-refractivity contribution in [3.05, 3.63) is 60.2 Å². The SMILES string of the molecule is COc1ccc(C(=O)N2CCN(C(=O)C3CN(C)CC4C(=O)N(c5ccccc5)NC34)CC2)cc1. The van der Waals surface area contributed by atoms with Gasteiger partial charge in [-0.3, -0.25) is 14.4 Å². The normalized spacial score (nSPS) is 24.9. The minimum absolute atomic E-state index is 0.000424. The Balaban J connectivity index is 1.24. The van der Waals surface area contributed by atoms with Crippen LogP contribution in [0.5, 0.6) is 5.75 Å². The predicted octanol–water partition coefficient (Wildman–Crippen LogP) is 1.08. The summed E-state index contributed by atoms with van der Waals surface area (Å²) in [5, 5.41) is 1.60. The molecule has 0 saturated carbocycles. The van der Waals surface area contributed by atoms with Crippen LogP contribution in [0.15, 0.2) is 54.6 Å². The second-order valence-electron chi connectivity index (χ2n) is 9.44. The van der Waals surface area contributed by atoms with Gasteiger partial charge in [0.2, 0.25) is 11.8 Å². The molecule has 1 N–H and O–H groups in total. The molecule has 5 rings (SSSR count). The van der Waals surface area contributed by atoms with Gasteiger partial charge in [0.05, 0.1) is 30.7 Å². The van der Waals surface area contributed by atoms with Crippen LogP contribution in [0.2, 0.25) is 0 Å². The van der Waals surface area contributed by atoms with Crippen LogP contribution in [-0.2, 0) is 9.59 Å². The first-order valence-corrected chi connectivity index (χ1v) is 12.0. The van der Waals surface area contributed by atoms with Gasteiger partial charge in [-0.05, 0) is 43.4 Å². The molecule has 3 unspecified atom stereocenters. The number of nitrogens with one attached hydrogen (secondary N) is 1. The van der Waals surface area contributed by atoms with E-state index >= 15 is 0 Å². The first-order valence-electron chi connectivity index (χ1n) is 12.0. The summed E-state index contributed by atoms with van der Waals surface area (Å²) in [6.07, 6.45) is 0. The van der Waals surface area contributed by atoms with Crippen LogP contribution in [0.25, 0.3) is 0 Å². The molecule has 2 aromatic rings. The van der Waals surface area contributed by atoms with Crippen LogP contribution in [0.3, 0.4) is 0 Å². The number of hydrogen-bond acceptors (Lipinski definition) is 6. The number of carbonyl (C=O) groups excluding carboxylic acids is 3. The van der Waals surface area contributed by atoms with E-state index in [1.54, 1.807) is 41.3 Å². The van der Waals surface area contributed by atoms with Gasteiger partial charge in [0, 0.05) is 44.8 Å². The lowest BCUT2D eigenvalue weighted by Gasteiger charge is -2.41. The van der Waals surface area contributed by atoms with Gasteiger partial charge in [-0.25, -0.2) is 10.4 Å². The van der Waals surface area contributed by atoms with Crippen molar-refractivity contribution >= 4 is 23.4 Å². The smallest absolute Gasteiger partial charge is 0.253 e. The maximum absolute atomic E-state index is 13.6. The number of anilines is 1. The first-order chi connectivity index (χ1) is 17.0. The number of benzene rings is 2. The second kappa shape index (κ2) is 9.67. The van der Waals surface area contributed by atoms with E-state index in [0.29, 0.717) is 50.6 Å². The summed E-state index contributed by atoms with van der Waals surface area (Å²) in [5.74, 6) is 0.0937. The number of piperidine rings is 1. The van der Waals surface area contributed by atoms with Crippen molar-refractivity contribution in [1.29, 1.82) is 0 Å². The van der Waals surface area contributed by atoms with Gasteiger partial charge in [0.15, 0.2) is 0 Å². The number of para-hydroxylation sites is 1. The number of carbonyl (C=O) groups is 3. The molecule has 0 bridgehead atoms. The van der Waals surface area contributed by atoms with Crippen molar-refractivity contribution in [2.45, 2.75) is 6.04 Å². The maximum Gasteiger partial charge on any atom is 0.253 e. The van der Waals surface area contributed by atoms with E-state index in [0.717, 1.165) is 5.69 Å². The van der Waals surface area contributed by atoms with E-state index in [9.17, 15) is 14.4 Å². The van der Waals surface area contributed by atoms with Gasteiger partial charge in [-0.1, -0.05) is 18.2 Å². The molecule has 3 fully saturated rings. The van der Waals surface area contributed by atoms with Crippen molar-refractivity contribution in [2.75, 3.05) is 58.4 Å². The number of likely N-dealkylation sites (tertiary alicyclic amines) is 1. The number of hydrogen-bond donors (Lipinski definition) is 1. The molecule has 35 heavy (non-hydrogen) atoms. The number of hydrazine groups is 1. The average molecular weight is 478 g/mol. The summed E-state index contributed by atoms with van der Waals surface area (Å²) in [6, 6.07) is 16.3. The minimum atomic E-state index is -0.333. The number of fused-ring (bicyclic) bond motifs is 1. The number of nitrogens with zero attached hydrogens (tertiary/aromatic N) is 4. The van der Waals surface area contributed by atoms with Crippen LogP contribution >= 0.6 is 0 Å². The third kappa shape index (κ3) is 4.49. The Hall–Kier alpha value is -3.43. The fourth-order valence-corrected chi connectivity index (χ4v) is 5.33.